The fourth-order valence-corrected chi connectivity index (χ4v) is 4.49. The molecule has 0 radical (unpaired) electrons. The summed E-state index contributed by atoms with van der Waals surface area (Å²) in [5.41, 5.74) is 1.62. The summed E-state index contributed by atoms with van der Waals surface area (Å²) in [6, 6.07) is 2.95. The van der Waals surface area contributed by atoms with E-state index in [1.54, 1.807) is 10.4 Å². The molecule has 1 saturated heterocycles. The van der Waals surface area contributed by atoms with Gasteiger partial charge in [-0.3, -0.25) is 0 Å². The van der Waals surface area contributed by atoms with Crippen molar-refractivity contribution in [2.24, 2.45) is 5.92 Å². The molecule has 1 aromatic rings. The maximum atomic E-state index is 5.56. The zero-order valence-corrected chi connectivity index (χ0v) is 11.3. The highest BCUT2D eigenvalue weighted by Crippen LogP contribution is 2.40. The molecule has 2 nitrogen and oxygen atoms in total. The minimum Gasteiger partial charge on any atom is -0.381 e. The van der Waals surface area contributed by atoms with Gasteiger partial charge in [-0.25, -0.2) is 0 Å². The van der Waals surface area contributed by atoms with Gasteiger partial charge in [0.1, 0.15) is 0 Å². The van der Waals surface area contributed by atoms with Crippen LogP contribution in [0.3, 0.4) is 0 Å². The third kappa shape index (κ3) is 2.16. The number of rotatable bonds is 3. The number of ether oxygens (including phenoxy) is 1. The van der Waals surface area contributed by atoms with E-state index in [4.69, 9.17) is 4.74 Å². The highest BCUT2D eigenvalue weighted by atomic mass is 32.1. The number of aryl methyl sites for hydroxylation is 1. The first-order chi connectivity index (χ1) is 8.40. The summed E-state index contributed by atoms with van der Waals surface area (Å²) < 4.78 is 5.56. The Kier molecular flexibility index (Phi) is 3.50. The lowest BCUT2D eigenvalue weighted by atomic mass is 9.77. The van der Waals surface area contributed by atoms with Crippen molar-refractivity contribution in [1.29, 1.82) is 0 Å². The molecule has 1 aliphatic carbocycles. The van der Waals surface area contributed by atoms with Crippen LogP contribution in [0.2, 0.25) is 0 Å². The minimum atomic E-state index is 0.603. The van der Waals surface area contributed by atoms with E-state index in [0.717, 1.165) is 13.2 Å². The monoisotopic (exact) mass is 251 g/mol. The molecule has 94 valence electrons. The summed E-state index contributed by atoms with van der Waals surface area (Å²) in [5, 5.41) is 5.83. The molecular formula is C14H21NOS. The van der Waals surface area contributed by atoms with Crippen LogP contribution in [0, 0.1) is 5.92 Å². The molecule has 1 aromatic heterocycles. The second-order valence-corrected chi connectivity index (χ2v) is 6.24. The van der Waals surface area contributed by atoms with Gasteiger partial charge in [0, 0.05) is 29.4 Å². The largest absolute Gasteiger partial charge is 0.381 e. The zero-order chi connectivity index (χ0) is 11.7. The first-order valence-electron chi connectivity index (χ1n) is 6.71. The molecule has 1 N–H and O–H groups in total. The van der Waals surface area contributed by atoms with E-state index in [1.165, 1.54) is 25.7 Å². The Bertz CT molecular complexity index is 370. The Morgan fingerprint density at radius 1 is 1.47 bits per heavy atom. The Balaban J connectivity index is 1.83. The van der Waals surface area contributed by atoms with Crippen molar-refractivity contribution < 1.29 is 4.74 Å². The highest BCUT2D eigenvalue weighted by molar-refractivity contribution is 7.10. The molecule has 3 atom stereocenters. The number of hydrogen-bond acceptors (Lipinski definition) is 3. The molecule has 1 fully saturated rings. The molecule has 2 aliphatic rings. The van der Waals surface area contributed by atoms with Gasteiger partial charge in [-0.15, -0.1) is 11.3 Å². The van der Waals surface area contributed by atoms with Gasteiger partial charge in [0.15, 0.2) is 0 Å². The van der Waals surface area contributed by atoms with E-state index >= 15 is 0 Å². The topological polar surface area (TPSA) is 21.3 Å². The normalized spacial score (nSPS) is 30.2. The Hall–Kier alpha value is -0.380. The van der Waals surface area contributed by atoms with Crippen LogP contribution < -0.4 is 5.32 Å². The van der Waals surface area contributed by atoms with Crippen LogP contribution in [-0.4, -0.2) is 26.3 Å². The van der Waals surface area contributed by atoms with Crippen LogP contribution >= 0.6 is 11.3 Å². The van der Waals surface area contributed by atoms with Crippen LogP contribution in [0.5, 0.6) is 0 Å². The van der Waals surface area contributed by atoms with Crippen LogP contribution in [0.4, 0.5) is 0 Å². The SMILES string of the molecule is CNC(C1CCOC1)C1CCCc2sccc21. The third-order valence-electron chi connectivity index (χ3n) is 4.34. The number of likely N-dealkylation sites (N-methyl/N-ethyl adjacent to an activating group) is 1. The van der Waals surface area contributed by atoms with Crippen molar-refractivity contribution in [3.05, 3.63) is 21.9 Å². The molecule has 3 unspecified atom stereocenters. The smallest absolute Gasteiger partial charge is 0.0510 e. The van der Waals surface area contributed by atoms with Crippen LogP contribution in [0.15, 0.2) is 11.4 Å². The second-order valence-electron chi connectivity index (χ2n) is 5.24. The minimum absolute atomic E-state index is 0.603. The molecule has 0 amide bonds. The Morgan fingerprint density at radius 3 is 3.18 bits per heavy atom. The van der Waals surface area contributed by atoms with Gasteiger partial charge in [0.25, 0.3) is 0 Å². The average Bonchev–Trinajstić information content (AvgIpc) is 3.00. The number of fused-ring (bicyclic) bond motifs is 1. The van der Waals surface area contributed by atoms with Gasteiger partial charge in [-0.05, 0) is 49.7 Å². The van der Waals surface area contributed by atoms with E-state index in [1.807, 2.05) is 11.3 Å². The highest BCUT2D eigenvalue weighted by Gasteiger charge is 2.34. The number of nitrogens with one attached hydrogen (secondary N) is 1. The van der Waals surface area contributed by atoms with Crippen molar-refractivity contribution in [3.8, 4) is 0 Å². The number of hydrogen-bond donors (Lipinski definition) is 1. The van der Waals surface area contributed by atoms with E-state index in [9.17, 15) is 0 Å². The molecular weight excluding hydrogens is 230 g/mol. The molecule has 1 aliphatic heterocycles. The molecule has 0 bridgehead atoms. The van der Waals surface area contributed by atoms with Gasteiger partial charge >= 0.3 is 0 Å². The third-order valence-corrected chi connectivity index (χ3v) is 5.33. The van der Waals surface area contributed by atoms with Crippen molar-refractivity contribution in [1.82, 2.24) is 5.32 Å². The van der Waals surface area contributed by atoms with Gasteiger partial charge < -0.3 is 10.1 Å². The second kappa shape index (κ2) is 5.09. The standard InChI is InChI=1S/C14H21NOS/c1-15-14(10-5-7-16-9-10)12-3-2-4-13-11(12)6-8-17-13/h6,8,10,12,14-15H,2-5,7,9H2,1H3. The first kappa shape index (κ1) is 11.7. The van der Waals surface area contributed by atoms with Crippen molar-refractivity contribution >= 4 is 11.3 Å². The van der Waals surface area contributed by atoms with Crippen LogP contribution in [0.1, 0.15) is 35.6 Å². The fraction of sp³-hybridized carbons (Fsp3) is 0.714. The summed E-state index contributed by atoms with van der Waals surface area (Å²) in [6.07, 6.45) is 5.21. The summed E-state index contributed by atoms with van der Waals surface area (Å²) in [4.78, 5) is 1.63. The van der Waals surface area contributed by atoms with E-state index < -0.39 is 0 Å². The van der Waals surface area contributed by atoms with Gasteiger partial charge in [0.05, 0.1) is 6.61 Å². The molecule has 0 saturated carbocycles. The summed E-state index contributed by atoms with van der Waals surface area (Å²) >= 11 is 1.94. The van der Waals surface area contributed by atoms with Crippen LogP contribution in [-0.2, 0) is 11.2 Å². The van der Waals surface area contributed by atoms with Crippen molar-refractivity contribution in [3.63, 3.8) is 0 Å². The van der Waals surface area contributed by atoms with Crippen molar-refractivity contribution in [2.45, 2.75) is 37.6 Å². The first-order valence-corrected chi connectivity index (χ1v) is 7.59. The molecule has 3 rings (SSSR count). The predicted octanol–water partition coefficient (Wildman–Crippen LogP) is 2.79. The van der Waals surface area contributed by atoms with E-state index in [2.05, 4.69) is 23.8 Å². The summed E-state index contributed by atoms with van der Waals surface area (Å²) in [7, 11) is 2.11. The Morgan fingerprint density at radius 2 is 2.41 bits per heavy atom. The lowest BCUT2D eigenvalue weighted by Gasteiger charge is -2.33. The lowest BCUT2D eigenvalue weighted by Crippen LogP contribution is -2.40. The maximum Gasteiger partial charge on any atom is 0.0510 e. The molecule has 0 aromatic carbocycles. The van der Waals surface area contributed by atoms with E-state index in [0.29, 0.717) is 17.9 Å². The molecule has 0 spiro atoms. The Labute approximate surface area is 107 Å². The average molecular weight is 251 g/mol. The van der Waals surface area contributed by atoms with Gasteiger partial charge in [-0.1, -0.05) is 0 Å². The lowest BCUT2D eigenvalue weighted by molar-refractivity contribution is 0.172. The fourth-order valence-electron chi connectivity index (χ4n) is 3.50. The summed E-state index contributed by atoms with van der Waals surface area (Å²) in [6.45, 7) is 1.90. The molecule has 2 heterocycles. The maximum absolute atomic E-state index is 5.56. The van der Waals surface area contributed by atoms with Crippen LogP contribution in [0.25, 0.3) is 0 Å². The number of thiophene rings is 1. The van der Waals surface area contributed by atoms with E-state index in [-0.39, 0.29) is 0 Å². The molecule has 17 heavy (non-hydrogen) atoms. The van der Waals surface area contributed by atoms with Gasteiger partial charge in [0.2, 0.25) is 0 Å². The summed E-state index contributed by atoms with van der Waals surface area (Å²) in [5.74, 6) is 1.41. The quantitative estimate of drug-likeness (QED) is 0.892. The molecule has 3 heteroatoms. The van der Waals surface area contributed by atoms with Crippen molar-refractivity contribution in [2.75, 3.05) is 20.3 Å². The zero-order valence-electron chi connectivity index (χ0n) is 10.4. The van der Waals surface area contributed by atoms with Gasteiger partial charge in [-0.2, -0.15) is 0 Å². The predicted molar refractivity (Wildman–Crippen MR) is 71.8 cm³/mol.